The molecule has 31 heavy (non-hydrogen) atoms. The molecule has 162 valence electrons. The Morgan fingerprint density at radius 1 is 1.06 bits per heavy atom. The molecule has 3 rings (SSSR count). The van der Waals surface area contributed by atoms with Crippen LogP contribution in [0.1, 0.15) is 30.3 Å². The van der Waals surface area contributed by atoms with Gasteiger partial charge in [0.15, 0.2) is 5.78 Å². The Hall–Kier alpha value is -3.62. The van der Waals surface area contributed by atoms with Crippen molar-refractivity contribution in [1.29, 1.82) is 0 Å². The first-order valence-electron chi connectivity index (χ1n) is 9.35. The monoisotopic (exact) mass is 433 g/mol. The van der Waals surface area contributed by atoms with Crippen molar-refractivity contribution < 1.29 is 37.3 Å². The number of carbonyl (C=O) groups is 2. The minimum atomic E-state index is -4.85. The van der Waals surface area contributed by atoms with Gasteiger partial charge in [0.25, 0.3) is 0 Å². The Labute approximate surface area is 175 Å². The average Bonchev–Trinajstić information content (AvgIpc) is 2.71. The third-order valence-electron chi connectivity index (χ3n) is 4.35. The van der Waals surface area contributed by atoms with Crippen molar-refractivity contribution in [3.8, 4) is 22.6 Å². The molecular formula is C22H18F3NO5. The fourth-order valence-corrected chi connectivity index (χ4v) is 3.01. The molecule has 2 aromatic carbocycles. The van der Waals surface area contributed by atoms with Gasteiger partial charge in [-0.15, -0.1) is 13.2 Å². The molecular weight excluding hydrogens is 415 g/mol. The predicted molar refractivity (Wildman–Crippen MR) is 106 cm³/mol. The molecule has 1 aromatic heterocycles. The first-order chi connectivity index (χ1) is 14.7. The number of para-hydroxylation sites is 1. The van der Waals surface area contributed by atoms with Crippen LogP contribution < -0.4 is 4.74 Å². The van der Waals surface area contributed by atoms with Crippen LogP contribution in [-0.2, 0) is 9.53 Å². The second-order valence-corrected chi connectivity index (χ2v) is 6.54. The lowest BCUT2D eigenvalue weighted by atomic mass is 10.0. The second-order valence-electron chi connectivity index (χ2n) is 6.54. The topological polar surface area (TPSA) is 85.7 Å². The Kier molecular flexibility index (Phi) is 6.43. The fourth-order valence-electron chi connectivity index (χ4n) is 3.01. The number of pyridine rings is 1. The lowest BCUT2D eigenvalue weighted by molar-refractivity contribution is -0.274. The van der Waals surface area contributed by atoms with Crippen LogP contribution in [0.15, 0.2) is 48.5 Å². The number of aromatic nitrogens is 1. The van der Waals surface area contributed by atoms with E-state index < -0.39 is 18.1 Å². The molecule has 0 atom stereocenters. The highest BCUT2D eigenvalue weighted by atomic mass is 19.4. The van der Waals surface area contributed by atoms with Gasteiger partial charge in [-0.1, -0.05) is 30.3 Å². The maximum Gasteiger partial charge on any atom is 0.573 e. The van der Waals surface area contributed by atoms with Crippen LogP contribution in [0, 0.1) is 0 Å². The van der Waals surface area contributed by atoms with Crippen molar-refractivity contribution in [2.45, 2.75) is 26.1 Å². The Morgan fingerprint density at radius 2 is 1.81 bits per heavy atom. The zero-order valence-electron chi connectivity index (χ0n) is 16.4. The lowest BCUT2D eigenvalue weighted by Crippen LogP contribution is -2.17. The van der Waals surface area contributed by atoms with Crippen LogP contribution in [-0.4, -0.2) is 34.8 Å². The van der Waals surface area contributed by atoms with Crippen LogP contribution >= 0.6 is 0 Å². The molecule has 0 aliphatic carbocycles. The van der Waals surface area contributed by atoms with Crippen molar-refractivity contribution in [1.82, 2.24) is 4.98 Å². The van der Waals surface area contributed by atoms with E-state index in [-0.39, 0.29) is 47.7 Å². The Bertz CT molecular complexity index is 1130. The van der Waals surface area contributed by atoms with Gasteiger partial charge in [-0.2, -0.15) is 0 Å². The van der Waals surface area contributed by atoms with E-state index in [0.29, 0.717) is 10.9 Å². The largest absolute Gasteiger partial charge is 0.573 e. The second kappa shape index (κ2) is 9.03. The summed E-state index contributed by atoms with van der Waals surface area (Å²) in [7, 11) is 0. The summed E-state index contributed by atoms with van der Waals surface area (Å²) in [6.07, 6.45) is -5.21. The quantitative estimate of drug-likeness (QED) is 0.415. The third-order valence-corrected chi connectivity index (χ3v) is 4.35. The highest BCUT2D eigenvalue weighted by molar-refractivity contribution is 6.00. The van der Waals surface area contributed by atoms with Gasteiger partial charge in [0.05, 0.1) is 18.5 Å². The van der Waals surface area contributed by atoms with Gasteiger partial charge in [0.1, 0.15) is 17.2 Å². The van der Waals surface area contributed by atoms with Crippen LogP contribution in [0.3, 0.4) is 0 Å². The normalized spacial score (nSPS) is 11.4. The number of hydrogen-bond donors (Lipinski definition) is 1. The number of benzene rings is 2. The number of halogens is 3. The standard InChI is InChI=1S/C22H18F3NO5/c1-2-30-20(29)10-9-17(27)21-18(28)12-14-8-7-13(11-16(14)26-21)15-5-3-4-6-19(15)31-22(23,24)25/h3-8,11-12,28H,2,9-10H2,1H3. The summed E-state index contributed by atoms with van der Waals surface area (Å²) >= 11 is 0. The zero-order chi connectivity index (χ0) is 22.6. The van der Waals surface area contributed by atoms with E-state index in [0.717, 1.165) is 0 Å². The summed E-state index contributed by atoms with van der Waals surface area (Å²) in [5.41, 5.74) is 0.632. The van der Waals surface area contributed by atoms with Gasteiger partial charge in [-0.25, -0.2) is 4.98 Å². The maximum absolute atomic E-state index is 12.7. The van der Waals surface area contributed by atoms with Crippen molar-refractivity contribution in [2.75, 3.05) is 6.61 Å². The molecule has 0 fully saturated rings. The molecule has 0 saturated carbocycles. The molecule has 0 radical (unpaired) electrons. The molecule has 1 N–H and O–H groups in total. The van der Waals surface area contributed by atoms with E-state index in [9.17, 15) is 27.9 Å². The summed E-state index contributed by atoms with van der Waals surface area (Å²) < 4.78 is 47.0. The van der Waals surface area contributed by atoms with E-state index in [1.807, 2.05) is 0 Å². The smallest absolute Gasteiger partial charge is 0.506 e. The first kappa shape index (κ1) is 22.1. The number of nitrogens with zero attached hydrogens (tertiary/aromatic N) is 1. The number of alkyl halides is 3. The SMILES string of the molecule is CCOC(=O)CCC(=O)c1nc2cc(-c3ccccc3OC(F)(F)F)ccc2cc1O. The minimum absolute atomic E-state index is 0.159. The molecule has 6 nitrogen and oxygen atoms in total. The number of aromatic hydroxyl groups is 1. The molecule has 1 heterocycles. The van der Waals surface area contributed by atoms with Gasteiger partial charge < -0.3 is 14.6 Å². The summed E-state index contributed by atoms with van der Waals surface area (Å²) in [4.78, 5) is 28.0. The van der Waals surface area contributed by atoms with E-state index >= 15 is 0 Å². The van der Waals surface area contributed by atoms with Crippen LogP contribution in [0.5, 0.6) is 11.5 Å². The summed E-state index contributed by atoms with van der Waals surface area (Å²) in [5.74, 6) is -1.83. The molecule has 0 bridgehead atoms. The van der Waals surface area contributed by atoms with Gasteiger partial charge in [0.2, 0.25) is 0 Å². The average molecular weight is 433 g/mol. The highest BCUT2D eigenvalue weighted by Crippen LogP contribution is 2.35. The molecule has 0 spiro atoms. The minimum Gasteiger partial charge on any atom is -0.506 e. The van der Waals surface area contributed by atoms with Gasteiger partial charge in [0, 0.05) is 17.4 Å². The first-order valence-corrected chi connectivity index (χ1v) is 9.35. The van der Waals surface area contributed by atoms with E-state index in [1.54, 1.807) is 25.1 Å². The van der Waals surface area contributed by atoms with Crippen LogP contribution in [0.25, 0.3) is 22.0 Å². The Morgan fingerprint density at radius 3 is 2.52 bits per heavy atom. The number of Topliss-reactive ketones (excluding diaryl/α,β-unsaturated/α-hetero) is 1. The molecule has 9 heteroatoms. The number of rotatable bonds is 7. The molecule has 0 aliphatic rings. The van der Waals surface area contributed by atoms with Crippen molar-refractivity contribution in [3.05, 3.63) is 54.2 Å². The Balaban J connectivity index is 1.95. The van der Waals surface area contributed by atoms with Gasteiger partial charge >= 0.3 is 12.3 Å². The van der Waals surface area contributed by atoms with Crippen molar-refractivity contribution in [3.63, 3.8) is 0 Å². The third kappa shape index (κ3) is 5.50. The zero-order valence-corrected chi connectivity index (χ0v) is 16.4. The maximum atomic E-state index is 12.7. The fraction of sp³-hybridized carbons (Fsp3) is 0.227. The number of hydrogen-bond acceptors (Lipinski definition) is 6. The number of ether oxygens (including phenoxy) is 2. The van der Waals surface area contributed by atoms with E-state index in [1.165, 1.54) is 30.3 Å². The van der Waals surface area contributed by atoms with Gasteiger partial charge in [-0.3, -0.25) is 9.59 Å². The van der Waals surface area contributed by atoms with Gasteiger partial charge in [-0.05, 0) is 30.7 Å². The highest BCUT2D eigenvalue weighted by Gasteiger charge is 2.32. The summed E-state index contributed by atoms with van der Waals surface area (Å²) in [6, 6.07) is 11.6. The molecule has 0 saturated heterocycles. The van der Waals surface area contributed by atoms with Crippen LogP contribution in [0.2, 0.25) is 0 Å². The number of fused-ring (bicyclic) bond motifs is 1. The van der Waals surface area contributed by atoms with Crippen LogP contribution in [0.4, 0.5) is 13.2 Å². The lowest BCUT2D eigenvalue weighted by Gasteiger charge is -2.14. The molecule has 0 aliphatic heterocycles. The van der Waals surface area contributed by atoms with E-state index in [4.69, 9.17) is 4.74 Å². The molecule has 3 aromatic rings. The number of ketones is 1. The van der Waals surface area contributed by atoms with E-state index in [2.05, 4.69) is 9.72 Å². The number of esters is 1. The predicted octanol–water partition coefficient (Wildman–Crippen LogP) is 5.03. The van der Waals surface area contributed by atoms with Crippen molar-refractivity contribution >= 4 is 22.7 Å². The van der Waals surface area contributed by atoms with Crippen molar-refractivity contribution in [2.24, 2.45) is 0 Å². The molecule has 0 unspecified atom stereocenters. The summed E-state index contributed by atoms with van der Waals surface area (Å²) in [5, 5.41) is 10.6. The summed E-state index contributed by atoms with van der Waals surface area (Å²) in [6.45, 7) is 1.83. The molecule has 0 amide bonds. The number of carbonyl (C=O) groups excluding carboxylic acids is 2.